The number of anilines is 1. The molecule has 2 rings (SSSR count). The molecule has 0 saturated heterocycles. The van der Waals surface area contributed by atoms with Crippen molar-refractivity contribution < 1.29 is 14.7 Å². The van der Waals surface area contributed by atoms with Crippen molar-refractivity contribution in [3.05, 3.63) is 62.7 Å². The van der Waals surface area contributed by atoms with Crippen LogP contribution in [0.1, 0.15) is 26.3 Å². The molecule has 0 spiro atoms. The zero-order valence-corrected chi connectivity index (χ0v) is 12.8. The Morgan fingerprint density at radius 1 is 1.10 bits per heavy atom. The van der Waals surface area contributed by atoms with E-state index in [-0.39, 0.29) is 11.5 Å². The number of carbonyl (C=O) groups is 2. The Morgan fingerprint density at radius 3 is 2.35 bits per heavy atom. The Morgan fingerprint density at radius 2 is 1.75 bits per heavy atom. The molecule has 1 amide bonds. The number of halogens is 1. The monoisotopic (exact) mass is 381 g/mol. The lowest BCUT2D eigenvalue weighted by molar-refractivity contribution is 0.0698. The van der Waals surface area contributed by atoms with Crippen LogP contribution in [-0.4, -0.2) is 17.0 Å². The molecule has 0 radical (unpaired) electrons. The average Bonchev–Trinajstić information content (AvgIpc) is 2.41. The highest BCUT2D eigenvalue weighted by Gasteiger charge is 2.13. The number of aromatic carboxylic acids is 1. The number of carboxylic acid groups (broad SMARTS) is 1. The molecule has 0 aliphatic rings. The Balaban J connectivity index is 2.28. The molecule has 0 fully saturated rings. The number of carbonyl (C=O) groups excluding carboxylic acids is 1. The van der Waals surface area contributed by atoms with Gasteiger partial charge < -0.3 is 10.4 Å². The van der Waals surface area contributed by atoms with E-state index in [4.69, 9.17) is 5.11 Å². The normalized spacial score (nSPS) is 10.1. The summed E-state index contributed by atoms with van der Waals surface area (Å²) in [4.78, 5) is 23.3. The van der Waals surface area contributed by atoms with E-state index in [9.17, 15) is 9.59 Å². The van der Waals surface area contributed by atoms with E-state index in [1.165, 1.54) is 6.07 Å². The van der Waals surface area contributed by atoms with Crippen molar-refractivity contribution in [3.8, 4) is 0 Å². The molecule has 0 aromatic heterocycles. The number of aryl methyl sites for hydroxylation is 1. The Kier molecular flexibility index (Phi) is 4.39. The summed E-state index contributed by atoms with van der Waals surface area (Å²) in [6.07, 6.45) is 0. The summed E-state index contributed by atoms with van der Waals surface area (Å²) < 4.78 is 1.03. The minimum atomic E-state index is -1.06. The second-order valence-electron chi connectivity index (χ2n) is 4.32. The van der Waals surface area contributed by atoms with E-state index in [0.29, 0.717) is 11.3 Å². The molecule has 0 atom stereocenters. The fourth-order valence-electron chi connectivity index (χ4n) is 1.74. The molecule has 0 heterocycles. The van der Waals surface area contributed by atoms with Gasteiger partial charge in [-0.05, 0) is 65.9 Å². The van der Waals surface area contributed by atoms with E-state index < -0.39 is 5.97 Å². The standard InChI is InChI=1S/C15H12INO3/c1-9-2-7-13(12(8-9)15(19)20)17-14(18)10-3-5-11(16)6-4-10/h2-8H,1H3,(H,17,18)(H,19,20). The van der Waals surface area contributed by atoms with Crippen LogP contribution in [0.4, 0.5) is 5.69 Å². The lowest BCUT2D eigenvalue weighted by atomic mass is 10.1. The van der Waals surface area contributed by atoms with Crippen LogP contribution in [0, 0.1) is 10.5 Å². The van der Waals surface area contributed by atoms with Crippen LogP contribution >= 0.6 is 22.6 Å². The van der Waals surface area contributed by atoms with Crippen LogP contribution in [0.5, 0.6) is 0 Å². The van der Waals surface area contributed by atoms with Gasteiger partial charge in [-0.2, -0.15) is 0 Å². The molecule has 102 valence electrons. The number of nitrogens with one attached hydrogen (secondary N) is 1. The highest BCUT2D eigenvalue weighted by Crippen LogP contribution is 2.18. The SMILES string of the molecule is Cc1ccc(NC(=O)c2ccc(I)cc2)c(C(=O)O)c1. The number of rotatable bonds is 3. The quantitative estimate of drug-likeness (QED) is 0.800. The van der Waals surface area contributed by atoms with Crippen LogP contribution < -0.4 is 5.32 Å². The minimum Gasteiger partial charge on any atom is -0.478 e. The van der Waals surface area contributed by atoms with Crippen molar-refractivity contribution in [2.45, 2.75) is 6.92 Å². The second-order valence-corrected chi connectivity index (χ2v) is 5.56. The number of hydrogen-bond acceptors (Lipinski definition) is 2. The Bertz CT molecular complexity index is 665. The van der Waals surface area contributed by atoms with Gasteiger partial charge in [-0.3, -0.25) is 4.79 Å². The van der Waals surface area contributed by atoms with Crippen molar-refractivity contribution >= 4 is 40.2 Å². The predicted molar refractivity (Wildman–Crippen MR) is 85.3 cm³/mol. The molecule has 0 aliphatic heterocycles. The van der Waals surface area contributed by atoms with Crippen molar-refractivity contribution in [3.63, 3.8) is 0 Å². The van der Waals surface area contributed by atoms with E-state index in [1.807, 2.05) is 12.1 Å². The summed E-state index contributed by atoms with van der Waals surface area (Å²) in [7, 11) is 0. The molecule has 0 bridgehead atoms. The number of amides is 1. The van der Waals surface area contributed by atoms with Crippen LogP contribution in [0.3, 0.4) is 0 Å². The fourth-order valence-corrected chi connectivity index (χ4v) is 2.10. The third-order valence-corrected chi connectivity index (χ3v) is 3.48. The smallest absolute Gasteiger partial charge is 0.337 e. The average molecular weight is 381 g/mol. The van der Waals surface area contributed by atoms with Crippen molar-refractivity contribution in [1.29, 1.82) is 0 Å². The maximum Gasteiger partial charge on any atom is 0.337 e. The van der Waals surface area contributed by atoms with E-state index >= 15 is 0 Å². The molecule has 2 aromatic rings. The molecule has 5 heteroatoms. The third kappa shape index (κ3) is 3.36. The number of carboxylic acids is 1. The molecule has 20 heavy (non-hydrogen) atoms. The van der Waals surface area contributed by atoms with Gasteiger partial charge >= 0.3 is 5.97 Å². The van der Waals surface area contributed by atoms with Gasteiger partial charge in [0.2, 0.25) is 0 Å². The summed E-state index contributed by atoms with van der Waals surface area (Å²) in [5.41, 5.74) is 1.70. The molecular weight excluding hydrogens is 369 g/mol. The van der Waals surface area contributed by atoms with Gasteiger partial charge in [0, 0.05) is 9.13 Å². The largest absolute Gasteiger partial charge is 0.478 e. The van der Waals surface area contributed by atoms with Gasteiger partial charge in [-0.1, -0.05) is 11.6 Å². The lowest BCUT2D eigenvalue weighted by Crippen LogP contribution is -2.14. The molecular formula is C15H12INO3. The van der Waals surface area contributed by atoms with Crippen molar-refractivity contribution in [2.24, 2.45) is 0 Å². The van der Waals surface area contributed by atoms with E-state index in [2.05, 4.69) is 27.9 Å². The number of benzene rings is 2. The van der Waals surface area contributed by atoms with Gasteiger partial charge in [0.05, 0.1) is 11.3 Å². The van der Waals surface area contributed by atoms with Crippen LogP contribution in [0.25, 0.3) is 0 Å². The molecule has 0 saturated carbocycles. The van der Waals surface area contributed by atoms with E-state index in [0.717, 1.165) is 9.13 Å². The maximum absolute atomic E-state index is 12.1. The molecule has 0 aliphatic carbocycles. The van der Waals surface area contributed by atoms with Gasteiger partial charge in [0.15, 0.2) is 0 Å². The van der Waals surface area contributed by atoms with Crippen LogP contribution in [0.15, 0.2) is 42.5 Å². The highest BCUT2D eigenvalue weighted by atomic mass is 127. The maximum atomic E-state index is 12.1. The Hall–Kier alpha value is -1.89. The van der Waals surface area contributed by atoms with Crippen LogP contribution in [-0.2, 0) is 0 Å². The summed E-state index contributed by atoms with van der Waals surface area (Å²) in [5, 5.41) is 11.8. The highest BCUT2D eigenvalue weighted by molar-refractivity contribution is 14.1. The van der Waals surface area contributed by atoms with E-state index in [1.54, 1.807) is 31.2 Å². The van der Waals surface area contributed by atoms with Gasteiger partial charge in [0.1, 0.15) is 0 Å². The zero-order valence-electron chi connectivity index (χ0n) is 10.7. The molecule has 0 unspecified atom stereocenters. The first kappa shape index (κ1) is 14.5. The minimum absolute atomic E-state index is 0.0869. The topological polar surface area (TPSA) is 66.4 Å². The summed E-state index contributed by atoms with van der Waals surface area (Å²) in [6, 6.07) is 11.9. The van der Waals surface area contributed by atoms with Crippen molar-refractivity contribution in [1.82, 2.24) is 0 Å². The zero-order chi connectivity index (χ0) is 14.7. The lowest BCUT2D eigenvalue weighted by Gasteiger charge is -2.09. The second kappa shape index (κ2) is 6.04. The van der Waals surface area contributed by atoms with Gasteiger partial charge in [-0.25, -0.2) is 4.79 Å². The molecule has 2 N–H and O–H groups in total. The summed E-state index contributed by atoms with van der Waals surface area (Å²) >= 11 is 2.15. The molecule has 4 nitrogen and oxygen atoms in total. The van der Waals surface area contributed by atoms with Crippen LogP contribution in [0.2, 0.25) is 0 Å². The number of hydrogen-bond donors (Lipinski definition) is 2. The van der Waals surface area contributed by atoms with Crippen molar-refractivity contribution in [2.75, 3.05) is 5.32 Å². The molecule has 2 aromatic carbocycles. The van der Waals surface area contributed by atoms with Gasteiger partial charge in [0.25, 0.3) is 5.91 Å². The first-order valence-electron chi connectivity index (χ1n) is 5.88. The predicted octanol–water partition coefficient (Wildman–Crippen LogP) is 3.55. The third-order valence-electron chi connectivity index (χ3n) is 2.76. The summed E-state index contributed by atoms with van der Waals surface area (Å²) in [6.45, 7) is 1.80. The van der Waals surface area contributed by atoms with Gasteiger partial charge in [-0.15, -0.1) is 0 Å². The first-order chi connectivity index (χ1) is 9.47. The Labute approximate surface area is 130 Å². The fraction of sp³-hybridized carbons (Fsp3) is 0.0667. The summed E-state index contributed by atoms with van der Waals surface area (Å²) in [5.74, 6) is -1.39. The first-order valence-corrected chi connectivity index (χ1v) is 6.96.